The predicted octanol–water partition coefficient (Wildman–Crippen LogP) is 1.55. The standard InChI is InChI=1S/C13H15N5S/c1-15-13(8-14,11-6-4-3-5-7-11)9-19-12-17-16-10-18(12)2/h3-7,10,15H,9H2,1-2H3. The van der Waals surface area contributed by atoms with Crippen molar-refractivity contribution in [3.8, 4) is 6.07 Å². The number of hydrogen-bond donors (Lipinski definition) is 1. The fraction of sp³-hybridized carbons (Fsp3) is 0.308. The summed E-state index contributed by atoms with van der Waals surface area (Å²) in [5.41, 5.74) is 0.229. The van der Waals surface area contributed by atoms with Gasteiger partial charge < -0.3 is 4.57 Å². The van der Waals surface area contributed by atoms with Crippen molar-refractivity contribution >= 4 is 11.8 Å². The van der Waals surface area contributed by atoms with Crippen LogP contribution in [-0.2, 0) is 12.6 Å². The van der Waals surface area contributed by atoms with Crippen LogP contribution in [0.1, 0.15) is 5.56 Å². The third kappa shape index (κ3) is 2.78. The smallest absolute Gasteiger partial charge is 0.190 e. The van der Waals surface area contributed by atoms with Crippen molar-refractivity contribution in [3.05, 3.63) is 42.2 Å². The summed E-state index contributed by atoms with van der Waals surface area (Å²) >= 11 is 1.51. The first kappa shape index (κ1) is 13.6. The lowest BCUT2D eigenvalue weighted by Gasteiger charge is -2.25. The van der Waals surface area contributed by atoms with E-state index < -0.39 is 5.54 Å². The van der Waals surface area contributed by atoms with Crippen LogP contribution in [0.3, 0.4) is 0 Å². The summed E-state index contributed by atoms with van der Waals surface area (Å²) in [5.74, 6) is 0.566. The lowest BCUT2D eigenvalue weighted by molar-refractivity contribution is 0.527. The van der Waals surface area contributed by atoms with Crippen molar-refractivity contribution in [1.82, 2.24) is 20.1 Å². The Balaban J connectivity index is 2.22. The Kier molecular flexibility index (Phi) is 4.20. The van der Waals surface area contributed by atoms with Crippen molar-refractivity contribution in [1.29, 1.82) is 5.26 Å². The van der Waals surface area contributed by atoms with Gasteiger partial charge in [-0.1, -0.05) is 42.1 Å². The van der Waals surface area contributed by atoms with Crippen LogP contribution in [0.4, 0.5) is 0 Å². The Morgan fingerprint density at radius 2 is 2.16 bits per heavy atom. The van der Waals surface area contributed by atoms with Gasteiger partial charge in [0.25, 0.3) is 0 Å². The van der Waals surface area contributed by atoms with Gasteiger partial charge in [0, 0.05) is 12.8 Å². The third-order valence-corrected chi connectivity index (χ3v) is 4.18. The summed E-state index contributed by atoms with van der Waals surface area (Å²) in [7, 11) is 3.69. The normalized spacial score (nSPS) is 13.7. The molecule has 0 saturated heterocycles. The van der Waals surface area contributed by atoms with Gasteiger partial charge >= 0.3 is 0 Å². The molecule has 6 heteroatoms. The molecule has 1 aromatic carbocycles. The maximum absolute atomic E-state index is 9.56. The van der Waals surface area contributed by atoms with Crippen LogP contribution in [0.5, 0.6) is 0 Å². The summed E-state index contributed by atoms with van der Waals surface area (Å²) in [6.07, 6.45) is 1.65. The highest BCUT2D eigenvalue weighted by Gasteiger charge is 2.31. The molecule has 1 atom stereocenters. The lowest BCUT2D eigenvalue weighted by atomic mass is 9.94. The summed E-state index contributed by atoms with van der Waals surface area (Å²) in [6.45, 7) is 0. The van der Waals surface area contributed by atoms with Gasteiger partial charge in [0.2, 0.25) is 0 Å². The van der Waals surface area contributed by atoms with Gasteiger partial charge in [-0.25, -0.2) is 0 Å². The van der Waals surface area contributed by atoms with Crippen molar-refractivity contribution in [2.24, 2.45) is 7.05 Å². The van der Waals surface area contributed by atoms with Crippen molar-refractivity contribution in [2.45, 2.75) is 10.7 Å². The van der Waals surface area contributed by atoms with E-state index in [1.807, 2.05) is 41.9 Å². The molecule has 0 bridgehead atoms. The van der Waals surface area contributed by atoms with Crippen LogP contribution in [0.15, 0.2) is 41.8 Å². The summed E-state index contributed by atoms with van der Waals surface area (Å²) in [5, 5.41) is 21.3. The number of hydrogen-bond acceptors (Lipinski definition) is 5. The first-order valence-corrected chi connectivity index (χ1v) is 6.83. The van der Waals surface area contributed by atoms with Crippen molar-refractivity contribution in [3.63, 3.8) is 0 Å². The Morgan fingerprint density at radius 3 is 2.68 bits per heavy atom. The molecule has 1 unspecified atom stereocenters. The van der Waals surface area contributed by atoms with Gasteiger partial charge in [0.15, 0.2) is 5.16 Å². The average molecular weight is 273 g/mol. The maximum atomic E-state index is 9.56. The van der Waals surface area contributed by atoms with Gasteiger partial charge in [0.05, 0.1) is 6.07 Å². The second kappa shape index (κ2) is 5.87. The first-order valence-electron chi connectivity index (χ1n) is 5.84. The molecular weight excluding hydrogens is 258 g/mol. The highest BCUT2D eigenvalue weighted by atomic mass is 32.2. The van der Waals surface area contributed by atoms with Crippen molar-refractivity contribution in [2.75, 3.05) is 12.8 Å². The zero-order chi connectivity index (χ0) is 13.7. The summed E-state index contributed by atoms with van der Waals surface area (Å²) < 4.78 is 1.84. The van der Waals surface area contributed by atoms with E-state index >= 15 is 0 Å². The average Bonchev–Trinajstić information content (AvgIpc) is 2.87. The molecule has 2 aromatic rings. The molecule has 1 N–H and O–H groups in total. The quantitative estimate of drug-likeness (QED) is 0.837. The van der Waals surface area contributed by atoms with E-state index in [-0.39, 0.29) is 0 Å². The van der Waals surface area contributed by atoms with E-state index in [4.69, 9.17) is 0 Å². The summed E-state index contributed by atoms with van der Waals surface area (Å²) in [6, 6.07) is 12.1. The third-order valence-electron chi connectivity index (χ3n) is 2.97. The Morgan fingerprint density at radius 1 is 1.42 bits per heavy atom. The van der Waals surface area contributed by atoms with E-state index in [1.54, 1.807) is 13.4 Å². The Hall–Kier alpha value is -1.84. The molecule has 1 aromatic heterocycles. The number of nitrogens with zero attached hydrogens (tertiary/aromatic N) is 4. The molecule has 0 saturated carbocycles. The fourth-order valence-electron chi connectivity index (χ4n) is 1.75. The van der Waals surface area contributed by atoms with Crippen LogP contribution in [0.2, 0.25) is 0 Å². The predicted molar refractivity (Wildman–Crippen MR) is 74.5 cm³/mol. The Bertz CT molecular complexity index is 574. The van der Waals surface area contributed by atoms with Gasteiger partial charge in [0.1, 0.15) is 11.9 Å². The van der Waals surface area contributed by atoms with Crippen LogP contribution in [0, 0.1) is 11.3 Å². The molecular formula is C13H15N5S. The molecule has 98 valence electrons. The maximum Gasteiger partial charge on any atom is 0.190 e. The molecule has 19 heavy (non-hydrogen) atoms. The Labute approximate surface area is 116 Å². The molecule has 0 fully saturated rings. The SMILES string of the molecule is CNC(C#N)(CSc1nncn1C)c1ccccc1. The minimum Gasteiger partial charge on any atom is -0.312 e. The van der Waals surface area contributed by atoms with E-state index in [2.05, 4.69) is 21.6 Å². The van der Waals surface area contributed by atoms with Crippen LogP contribution in [-0.4, -0.2) is 27.6 Å². The number of nitrogens with one attached hydrogen (secondary N) is 1. The van der Waals surface area contributed by atoms with Crippen LogP contribution >= 0.6 is 11.8 Å². The number of rotatable bonds is 5. The molecule has 0 radical (unpaired) electrons. The van der Waals surface area contributed by atoms with Crippen LogP contribution in [0.25, 0.3) is 0 Å². The second-order valence-corrected chi connectivity index (χ2v) is 5.09. The van der Waals surface area contributed by atoms with Gasteiger partial charge in [-0.15, -0.1) is 10.2 Å². The minimum absolute atomic E-state index is 0.566. The highest BCUT2D eigenvalue weighted by molar-refractivity contribution is 7.99. The first-order chi connectivity index (χ1) is 9.22. The molecule has 5 nitrogen and oxygen atoms in total. The molecule has 0 aliphatic rings. The lowest BCUT2D eigenvalue weighted by Crippen LogP contribution is -2.41. The molecule has 0 aliphatic carbocycles. The second-order valence-electron chi connectivity index (χ2n) is 4.15. The van der Waals surface area contributed by atoms with E-state index in [1.165, 1.54) is 11.8 Å². The zero-order valence-electron chi connectivity index (χ0n) is 10.9. The summed E-state index contributed by atoms with van der Waals surface area (Å²) in [4.78, 5) is 0. The molecule has 0 amide bonds. The number of aryl methyl sites for hydroxylation is 1. The fourth-order valence-corrected chi connectivity index (χ4v) is 2.83. The molecule has 0 spiro atoms. The van der Waals surface area contributed by atoms with Crippen LogP contribution < -0.4 is 5.32 Å². The molecule has 2 rings (SSSR count). The molecule has 1 heterocycles. The van der Waals surface area contributed by atoms with Gasteiger partial charge in [-0.3, -0.25) is 5.32 Å². The van der Waals surface area contributed by atoms with Crippen molar-refractivity contribution < 1.29 is 0 Å². The largest absolute Gasteiger partial charge is 0.312 e. The monoisotopic (exact) mass is 273 g/mol. The zero-order valence-corrected chi connectivity index (χ0v) is 11.7. The number of thioether (sulfide) groups is 1. The number of nitriles is 1. The number of benzene rings is 1. The highest BCUT2D eigenvalue weighted by Crippen LogP contribution is 2.27. The van der Waals surface area contributed by atoms with E-state index in [0.717, 1.165) is 10.7 Å². The number of aromatic nitrogens is 3. The molecule has 0 aliphatic heterocycles. The van der Waals surface area contributed by atoms with Gasteiger partial charge in [-0.2, -0.15) is 5.26 Å². The topological polar surface area (TPSA) is 66.5 Å². The van der Waals surface area contributed by atoms with E-state index in [9.17, 15) is 5.26 Å². The van der Waals surface area contributed by atoms with E-state index in [0.29, 0.717) is 5.75 Å². The minimum atomic E-state index is -0.724. The van der Waals surface area contributed by atoms with Gasteiger partial charge in [-0.05, 0) is 12.6 Å².